The maximum absolute atomic E-state index is 11.4. The van der Waals surface area contributed by atoms with Crippen LogP contribution >= 0.6 is 0 Å². The van der Waals surface area contributed by atoms with Gasteiger partial charge in [0, 0.05) is 11.8 Å². The molecule has 0 aliphatic rings. The lowest BCUT2D eigenvalue weighted by Crippen LogP contribution is -2.03. The molecule has 0 unspecified atom stereocenters. The molecule has 0 atom stereocenters. The molecule has 0 radical (unpaired) electrons. The van der Waals surface area contributed by atoms with E-state index in [9.17, 15) is 9.59 Å². The monoisotopic (exact) mass is 255 g/mol. The Morgan fingerprint density at radius 1 is 1.11 bits per heavy atom. The number of ketones is 1. The molecule has 0 spiro atoms. The molecular weight excluding hydrogens is 242 g/mol. The van der Waals surface area contributed by atoms with E-state index in [1.54, 1.807) is 30.5 Å². The maximum atomic E-state index is 11.4. The van der Waals surface area contributed by atoms with E-state index in [4.69, 9.17) is 0 Å². The van der Waals surface area contributed by atoms with Gasteiger partial charge in [-0.3, -0.25) is 4.79 Å². The molecule has 1 aromatic carbocycles. The molecule has 0 saturated heterocycles. The van der Waals surface area contributed by atoms with E-state index in [0.29, 0.717) is 5.56 Å². The van der Waals surface area contributed by atoms with Gasteiger partial charge in [-0.2, -0.15) is 0 Å². The fraction of sp³-hybridized carbons (Fsp3) is 0.133. The second-order valence-electron chi connectivity index (χ2n) is 4.06. The van der Waals surface area contributed by atoms with E-state index in [1.807, 2.05) is 12.1 Å². The molecule has 0 bridgehead atoms. The van der Waals surface area contributed by atoms with Crippen molar-refractivity contribution < 1.29 is 14.3 Å². The molecular formula is C15H13NO3. The smallest absolute Gasteiger partial charge is 0.356 e. The highest BCUT2D eigenvalue weighted by Crippen LogP contribution is 2.21. The SMILES string of the molecule is COC(=O)c1cc(-c2cccc(C(C)=O)c2)ccn1. The van der Waals surface area contributed by atoms with Gasteiger partial charge in [0.25, 0.3) is 0 Å². The molecule has 0 aliphatic heterocycles. The predicted molar refractivity (Wildman–Crippen MR) is 71.0 cm³/mol. The summed E-state index contributed by atoms with van der Waals surface area (Å²) in [6.07, 6.45) is 1.54. The van der Waals surface area contributed by atoms with Gasteiger partial charge in [0.05, 0.1) is 7.11 Å². The predicted octanol–water partition coefficient (Wildman–Crippen LogP) is 2.74. The van der Waals surface area contributed by atoms with E-state index in [-0.39, 0.29) is 11.5 Å². The van der Waals surface area contributed by atoms with Crippen LogP contribution in [0.4, 0.5) is 0 Å². The third-order valence-corrected chi connectivity index (χ3v) is 2.76. The largest absolute Gasteiger partial charge is 0.464 e. The first-order chi connectivity index (χ1) is 9.11. The summed E-state index contributed by atoms with van der Waals surface area (Å²) in [5.41, 5.74) is 2.56. The number of hydrogen-bond acceptors (Lipinski definition) is 4. The van der Waals surface area contributed by atoms with Gasteiger partial charge in [0.1, 0.15) is 5.69 Å². The molecule has 1 heterocycles. The highest BCUT2D eigenvalue weighted by Gasteiger charge is 2.09. The summed E-state index contributed by atoms with van der Waals surface area (Å²) in [6.45, 7) is 1.52. The third kappa shape index (κ3) is 2.85. The number of carbonyl (C=O) groups excluding carboxylic acids is 2. The van der Waals surface area contributed by atoms with Crippen LogP contribution in [0.5, 0.6) is 0 Å². The zero-order valence-corrected chi connectivity index (χ0v) is 10.7. The number of pyridine rings is 1. The van der Waals surface area contributed by atoms with Crippen LogP contribution in [0.25, 0.3) is 11.1 Å². The van der Waals surface area contributed by atoms with E-state index < -0.39 is 5.97 Å². The number of hydrogen-bond donors (Lipinski definition) is 0. The van der Waals surface area contributed by atoms with Crippen LogP contribution in [0.2, 0.25) is 0 Å². The highest BCUT2D eigenvalue weighted by atomic mass is 16.5. The Morgan fingerprint density at radius 3 is 2.53 bits per heavy atom. The molecule has 0 aliphatic carbocycles. The van der Waals surface area contributed by atoms with Crippen molar-refractivity contribution in [2.45, 2.75) is 6.92 Å². The number of aromatic nitrogens is 1. The first-order valence-corrected chi connectivity index (χ1v) is 5.77. The Morgan fingerprint density at radius 2 is 1.84 bits per heavy atom. The van der Waals surface area contributed by atoms with E-state index in [1.165, 1.54) is 14.0 Å². The van der Waals surface area contributed by atoms with Crippen LogP contribution in [0.1, 0.15) is 27.8 Å². The van der Waals surface area contributed by atoms with Gasteiger partial charge in [-0.15, -0.1) is 0 Å². The zero-order valence-electron chi connectivity index (χ0n) is 10.7. The fourth-order valence-corrected chi connectivity index (χ4v) is 1.74. The number of rotatable bonds is 3. The Kier molecular flexibility index (Phi) is 3.71. The topological polar surface area (TPSA) is 56.3 Å². The van der Waals surface area contributed by atoms with Crippen molar-refractivity contribution in [1.82, 2.24) is 4.98 Å². The summed E-state index contributed by atoms with van der Waals surface area (Å²) in [4.78, 5) is 26.7. The summed E-state index contributed by atoms with van der Waals surface area (Å²) >= 11 is 0. The van der Waals surface area contributed by atoms with Crippen molar-refractivity contribution in [3.63, 3.8) is 0 Å². The second-order valence-corrected chi connectivity index (χ2v) is 4.06. The molecule has 1 aromatic heterocycles. The maximum Gasteiger partial charge on any atom is 0.356 e. The molecule has 0 fully saturated rings. The summed E-state index contributed by atoms with van der Waals surface area (Å²) in [7, 11) is 1.31. The number of carbonyl (C=O) groups is 2. The van der Waals surface area contributed by atoms with Gasteiger partial charge < -0.3 is 4.74 Å². The zero-order chi connectivity index (χ0) is 13.8. The third-order valence-electron chi connectivity index (χ3n) is 2.76. The van der Waals surface area contributed by atoms with E-state index in [0.717, 1.165) is 11.1 Å². The standard InChI is InChI=1S/C15H13NO3/c1-10(17)11-4-3-5-12(8-11)13-6-7-16-14(9-13)15(18)19-2/h3-9H,1-2H3. The summed E-state index contributed by atoms with van der Waals surface area (Å²) in [5.74, 6) is -0.478. The Bertz CT molecular complexity index is 635. The van der Waals surface area contributed by atoms with Crippen LogP contribution in [0.15, 0.2) is 42.6 Å². The number of methoxy groups -OCH3 is 1. The van der Waals surface area contributed by atoms with Gasteiger partial charge in [0.15, 0.2) is 5.78 Å². The average Bonchev–Trinajstić information content (AvgIpc) is 2.46. The van der Waals surface area contributed by atoms with Crippen molar-refractivity contribution in [2.75, 3.05) is 7.11 Å². The number of ether oxygens (including phenoxy) is 1. The fourth-order valence-electron chi connectivity index (χ4n) is 1.74. The molecule has 2 aromatic rings. The van der Waals surface area contributed by atoms with Crippen molar-refractivity contribution in [2.24, 2.45) is 0 Å². The lowest BCUT2D eigenvalue weighted by atomic mass is 10.0. The van der Waals surface area contributed by atoms with Crippen LogP contribution in [0.3, 0.4) is 0 Å². The number of benzene rings is 1. The van der Waals surface area contributed by atoms with Crippen molar-refractivity contribution in [1.29, 1.82) is 0 Å². The Balaban J connectivity index is 2.44. The first-order valence-electron chi connectivity index (χ1n) is 5.77. The number of Topliss-reactive ketones (excluding diaryl/α,β-unsaturated/α-hetero) is 1. The highest BCUT2D eigenvalue weighted by molar-refractivity contribution is 5.95. The number of esters is 1. The average molecular weight is 255 g/mol. The normalized spacial score (nSPS) is 10.0. The molecule has 19 heavy (non-hydrogen) atoms. The minimum absolute atomic E-state index is 0.00379. The summed E-state index contributed by atoms with van der Waals surface area (Å²) in [6, 6.07) is 10.7. The second kappa shape index (κ2) is 5.44. The van der Waals surface area contributed by atoms with Gasteiger partial charge in [-0.1, -0.05) is 18.2 Å². The molecule has 0 amide bonds. The van der Waals surface area contributed by atoms with Gasteiger partial charge >= 0.3 is 5.97 Å². The number of nitrogens with zero attached hydrogens (tertiary/aromatic N) is 1. The van der Waals surface area contributed by atoms with Gasteiger partial charge in [0.2, 0.25) is 0 Å². The van der Waals surface area contributed by atoms with E-state index >= 15 is 0 Å². The van der Waals surface area contributed by atoms with Gasteiger partial charge in [-0.25, -0.2) is 9.78 Å². The summed E-state index contributed by atoms with van der Waals surface area (Å²) < 4.78 is 4.63. The van der Waals surface area contributed by atoms with Crippen LogP contribution < -0.4 is 0 Å². The van der Waals surface area contributed by atoms with Crippen LogP contribution in [-0.4, -0.2) is 23.8 Å². The molecule has 4 heteroatoms. The Labute approximate surface area is 111 Å². The lowest BCUT2D eigenvalue weighted by Gasteiger charge is -2.05. The van der Waals surface area contributed by atoms with Gasteiger partial charge in [-0.05, 0) is 36.2 Å². The minimum Gasteiger partial charge on any atom is -0.464 e. The van der Waals surface area contributed by atoms with Crippen molar-refractivity contribution >= 4 is 11.8 Å². The van der Waals surface area contributed by atoms with Crippen LogP contribution in [0, 0.1) is 0 Å². The molecule has 0 saturated carbocycles. The Hall–Kier alpha value is -2.49. The quantitative estimate of drug-likeness (QED) is 0.625. The van der Waals surface area contributed by atoms with E-state index in [2.05, 4.69) is 9.72 Å². The lowest BCUT2D eigenvalue weighted by molar-refractivity contribution is 0.0594. The minimum atomic E-state index is -0.482. The molecule has 4 nitrogen and oxygen atoms in total. The first kappa shape index (κ1) is 13.0. The summed E-state index contributed by atoms with van der Waals surface area (Å²) in [5, 5.41) is 0. The molecule has 2 rings (SSSR count). The molecule has 0 N–H and O–H groups in total. The van der Waals surface area contributed by atoms with Crippen LogP contribution in [-0.2, 0) is 4.74 Å². The van der Waals surface area contributed by atoms with Crippen molar-refractivity contribution in [3.05, 3.63) is 53.9 Å². The molecule has 96 valence electrons. The van der Waals surface area contributed by atoms with Crippen molar-refractivity contribution in [3.8, 4) is 11.1 Å².